The van der Waals surface area contributed by atoms with Crippen LogP contribution in [0.5, 0.6) is 0 Å². The van der Waals surface area contributed by atoms with Crippen LogP contribution in [0.15, 0.2) is 35.2 Å². The molecule has 0 bridgehead atoms. The van der Waals surface area contributed by atoms with E-state index >= 15 is 0 Å². The first-order valence-electron chi connectivity index (χ1n) is 7.48. The molecule has 0 aromatic heterocycles. The molecule has 0 unspecified atom stereocenters. The van der Waals surface area contributed by atoms with Crippen LogP contribution in [0.3, 0.4) is 0 Å². The van der Waals surface area contributed by atoms with Gasteiger partial charge in [0, 0.05) is 47.8 Å². The van der Waals surface area contributed by atoms with Crippen molar-refractivity contribution in [1.29, 1.82) is 0 Å². The molecular formula is C16H23NO2S2. The number of amides is 1. The summed E-state index contributed by atoms with van der Waals surface area (Å²) in [6.07, 6.45) is 2.88. The monoisotopic (exact) mass is 325 g/mol. The number of nitrogens with one attached hydrogen (secondary N) is 1. The third-order valence-corrected chi connectivity index (χ3v) is 5.68. The number of carbonyl (C=O) groups excluding carboxylic acids is 1. The van der Waals surface area contributed by atoms with Gasteiger partial charge in [0.25, 0.3) is 0 Å². The van der Waals surface area contributed by atoms with E-state index in [2.05, 4.69) is 17.4 Å². The second-order valence-electron chi connectivity index (χ2n) is 4.94. The first-order valence-corrected chi connectivity index (χ1v) is 9.52. The van der Waals surface area contributed by atoms with Crippen LogP contribution in [-0.4, -0.2) is 42.4 Å². The van der Waals surface area contributed by atoms with E-state index in [9.17, 15) is 4.79 Å². The molecule has 0 radical (unpaired) electrons. The van der Waals surface area contributed by atoms with E-state index < -0.39 is 0 Å². The molecule has 1 amide bonds. The molecule has 3 nitrogen and oxygen atoms in total. The first-order chi connectivity index (χ1) is 10.3. The van der Waals surface area contributed by atoms with Crippen molar-refractivity contribution in [2.45, 2.75) is 29.4 Å². The van der Waals surface area contributed by atoms with Gasteiger partial charge in [0.15, 0.2) is 0 Å². The Balaban J connectivity index is 1.47. The summed E-state index contributed by atoms with van der Waals surface area (Å²) in [5.74, 6) is 2.00. The van der Waals surface area contributed by atoms with Crippen LogP contribution < -0.4 is 5.32 Å². The van der Waals surface area contributed by atoms with Gasteiger partial charge in [0.2, 0.25) is 5.91 Å². The third kappa shape index (κ3) is 7.25. The minimum Gasteiger partial charge on any atom is -0.381 e. The number of hydrogen-bond acceptors (Lipinski definition) is 4. The molecule has 0 aliphatic carbocycles. The zero-order chi connectivity index (χ0) is 14.8. The molecule has 1 aromatic carbocycles. The van der Waals surface area contributed by atoms with Gasteiger partial charge in [-0.2, -0.15) is 11.8 Å². The van der Waals surface area contributed by atoms with Crippen LogP contribution in [0.25, 0.3) is 0 Å². The maximum atomic E-state index is 11.7. The number of thioether (sulfide) groups is 2. The van der Waals surface area contributed by atoms with E-state index in [0.29, 0.717) is 11.7 Å². The standard InChI is InChI=1S/C16H23NO2S2/c18-16(8-12-20-14-4-2-1-3-5-14)17-9-13-21-15-6-10-19-11-7-15/h1-5,15H,6-13H2,(H,17,18). The van der Waals surface area contributed by atoms with Gasteiger partial charge < -0.3 is 10.1 Å². The normalized spacial score (nSPS) is 15.8. The highest BCUT2D eigenvalue weighted by Gasteiger charge is 2.13. The maximum absolute atomic E-state index is 11.7. The summed E-state index contributed by atoms with van der Waals surface area (Å²) in [6, 6.07) is 10.2. The zero-order valence-corrected chi connectivity index (χ0v) is 13.9. The molecule has 2 rings (SSSR count). The van der Waals surface area contributed by atoms with E-state index in [4.69, 9.17) is 4.74 Å². The Labute approximate surface area is 135 Å². The highest BCUT2D eigenvalue weighted by molar-refractivity contribution is 8.00. The minimum atomic E-state index is 0.158. The summed E-state index contributed by atoms with van der Waals surface area (Å²) >= 11 is 3.69. The Morgan fingerprint density at radius 1 is 1.19 bits per heavy atom. The molecule has 1 N–H and O–H groups in total. The summed E-state index contributed by atoms with van der Waals surface area (Å²) in [5.41, 5.74) is 0. The van der Waals surface area contributed by atoms with Gasteiger partial charge in [-0.25, -0.2) is 0 Å². The van der Waals surface area contributed by atoms with Crippen molar-refractivity contribution in [2.75, 3.05) is 31.3 Å². The predicted octanol–water partition coefficient (Wildman–Crippen LogP) is 3.20. The lowest BCUT2D eigenvalue weighted by Gasteiger charge is -2.21. The van der Waals surface area contributed by atoms with Gasteiger partial charge in [0.1, 0.15) is 0 Å². The lowest BCUT2D eigenvalue weighted by molar-refractivity contribution is -0.120. The van der Waals surface area contributed by atoms with E-state index in [0.717, 1.165) is 44.1 Å². The highest BCUT2D eigenvalue weighted by atomic mass is 32.2. The molecule has 1 aromatic rings. The second-order valence-corrected chi connectivity index (χ2v) is 7.52. The second kappa shape index (κ2) is 10.1. The molecule has 21 heavy (non-hydrogen) atoms. The molecule has 1 fully saturated rings. The van der Waals surface area contributed by atoms with Crippen molar-refractivity contribution in [3.05, 3.63) is 30.3 Å². The summed E-state index contributed by atoms with van der Waals surface area (Å²) in [4.78, 5) is 13.0. The number of benzene rings is 1. The Morgan fingerprint density at radius 3 is 2.71 bits per heavy atom. The smallest absolute Gasteiger partial charge is 0.220 e. The van der Waals surface area contributed by atoms with Crippen LogP contribution in [0.1, 0.15) is 19.3 Å². The summed E-state index contributed by atoms with van der Waals surface area (Å²) in [5, 5.41) is 3.72. The molecule has 0 atom stereocenters. The molecule has 1 aliphatic heterocycles. The lowest BCUT2D eigenvalue weighted by atomic mass is 10.2. The van der Waals surface area contributed by atoms with Gasteiger partial charge in [-0.05, 0) is 25.0 Å². The number of carbonyl (C=O) groups is 1. The molecule has 0 saturated carbocycles. The maximum Gasteiger partial charge on any atom is 0.220 e. The van der Waals surface area contributed by atoms with Crippen molar-refractivity contribution in [1.82, 2.24) is 5.32 Å². The van der Waals surface area contributed by atoms with E-state index in [-0.39, 0.29) is 5.91 Å². The molecule has 0 spiro atoms. The Bertz CT molecular complexity index is 408. The van der Waals surface area contributed by atoms with Gasteiger partial charge in [-0.3, -0.25) is 4.79 Å². The average Bonchev–Trinajstić information content (AvgIpc) is 2.54. The van der Waals surface area contributed by atoms with Crippen LogP contribution in [0.4, 0.5) is 0 Å². The van der Waals surface area contributed by atoms with E-state index in [1.807, 2.05) is 30.0 Å². The molecule has 1 heterocycles. The zero-order valence-electron chi connectivity index (χ0n) is 12.3. The average molecular weight is 325 g/mol. The fourth-order valence-corrected chi connectivity index (χ4v) is 4.08. The van der Waals surface area contributed by atoms with Crippen LogP contribution in [0, 0.1) is 0 Å². The Kier molecular flexibility index (Phi) is 8.07. The fourth-order valence-electron chi connectivity index (χ4n) is 2.13. The van der Waals surface area contributed by atoms with Crippen LogP contribution in [0.2, 0.25) is 0 Å². The topological polar surface area (TPSA) is 38.3 Å². The third-order valence-electron chi connectivity index (χ3n) is 3.29. The van der Waals surface area contributed by atoms with Gasteiger partial charge in [-0.15, -0.1) is 11.8 Å². The molecular weight excluding hydrogens is 302 g/mol. The van der Waals surface area contributed by atoms with Crippen molar-refractivity contribution >= 4 is 29.4 Å². The molecule has 5 heteroatoms. The van der Waals surface area contributed by atoms with Crippen molar-refractivity contribution in [3.63, 3.8) is 0 Å². The van der Waals surface area contributed by atoms with E-state index in [1.165, 1.54) is 4.90 Å². The summed E-state index contributed by atoms with van der Waals surface area (Å²) in [6.45, 7) is 2.55. The predicted molar refractivity (Wildman–Crippen MR) is 91.1 cm³/mol. The Hall–Kier alpha value is -0.650. The van der Waals surface area contributed by atoms with Crippen molar-refractivity contribution in [3.8, 4) is 0 Å². The Morgan fingerprint density at radius 2 is 1.95 bits per heavy atom. The molecule has 1 saturated heterocycles. The summed E-state index contributed by atoms with van der Waals surface area (Å²) in [7, 11) is 0. The quantitative estimate of drug-likeness (QED) is 0.588. The highest BCUT2D eigenvalue weighted by Crippen LogP contribution is 2.21. The first kappa shape index (κ1) is 16.7. The number of hydrogen-bond donors (Lipinski definition) is 1. The van der Waals surface area contributed by atoms with Crippen LogP contribution in [-0.2, 0) is 9.53 Å². The largest absolute Gasteiger partial charge is 0.381 e. The van der Waals surface area contributed by atoms with Gasteiger partial charge in [-0.1, -0.05) is 18.2 Å². The SMILES string of the molecule is O=C(CCSc1ccccc1)NCCSC1CCOCC1. The summed E-state index contributed by atoms with van der Waals surface area (Å²) < 4.78 is 5.34. The number of ether oxygens (including phenoxy) is 1. The minimum absolute atomic E-state index is 0.158. The fraction of sp³-hybridized carbons (Fsp3) is 0.562. The lowest BCUT2D eigenvalue weighted by Crippen LogP contribution is -2.27. The van der Waals surface area contributed by atoms with Gasteiger partial charge >= 0.3 is 0 Å². The van der Waals surface area contributed by atoms with Gasteiger partial charge in [0.05, 0.1) is 0 Å². The molecule has 1 aliphatic rings. The molecule has 116 valence electrons. The van der Waals surface area contributed by atoms with Crippen molar-refractivity contribution in [2.24, 2.45) is 0 Å². The number of rotatable bonds is 8. The van der Waals surface area contributed by atoms with Crippen LogP contribution >= 0.6 is 23.5 Å². The van der Waals surface area contributed by atoms with Crippen molar-refractivity contribution < 1.29 is 9.53 Å². The van der Waals surface area contributed by atoms with E-state index in [1.54, 1.807) is 11.8 Å².